The van der Waals surface area contributed by atoms with Crippen LogP contribution < -0.4 is 21.2 Å². The number of esters is 1. The molecule has 0 spiro atoms. The van der Waals surface area contributed by atoms with Crippen LogP contribution in [0.3, 0.4) is 0 Å². The van der Waals surface area contributed by atoms with Gasteiger partial charge < -0.3 is 38.8 Å². The highest BCUT2D eigenvalue weighted by atomic mass is 31.3. The van der Waals surface area contributed by atoms with Gasteiger partial charge in [-0.2, -0.15) is 4.98 Å². The molecule has 1 saturated heterocycles. The number of aromatic nitrogens is 2. The fraction of sp³-hybridized carbons (Fsp3) is 0.706. The van der Waals surface area contributed by atoms with Gasteiger partial charge in [0, 0.05) is 13.1 Å². The molecular formula is C17H27N3O12P2-2. The second kappa shape index (κ2) is 11.4. The summed E-state index contributed by atoms with van der Waals surface area (Å²) in [5.41, 5.74) is 4.67. The van der Waals surface area contributed by atoms with E-state index in [1.54, 1.807) is 13.8 Å². The fourth-order valence-corrected chi connectivity index (χ4v) is 5.24. The number of ether oxygens (including phenoxy) is 3. The van der Waals surface area contributed by atoms with Gasteiger partial charge in [-0.15, -0.1) is 0 Å². The van der Waals surface area contributed by atoms with Crippen molar-refractivity contribution in [2.24, 2.45) is 0 Å². The van der Waals surface area contributed by atoms with Crippen molar-refractivity contribution < 1.29 is 51.3 Å². The van der Waals surface area contributed by atoms with Crippen molar-refractivity contribution in [3.05, 3.63) is 22.7 Å². The predicted molar refractivity (Wildman–Crippen MR) is 111 cm³/mol. The zero-order valence-corrected chi connectivity index (χ0v) is 20.9. The molecule has 0 aliphatic carbocycles. The number of carbonyl (C=O) groups is 1. The molecule has 1 aromatic heterocycles. The van der Waals surface area contributed by atoms with Crippen molar-refractivity contribution in [2.75, 3.05) is 12.3 Å². The lowest BCUT2D eigenvalue weighted by Crippen LogP contribution is -2.42. The van der Waals surface area contributed by atoms with Crippen LogP contribution in [0.5, 0.6) is 0 Å². The Labute approximate surface area is 195 Å². The highest BCUT2D eigenvalue weighted by Gasteiger charge is 2.50. The molecule has 2 rings (SSSR count). The maximum absolute atomic E-state index is 12.3. The largest absolute Gasteiger partial charge is 0.756 e. The summed E-state index contributed by atoms with van der Waals surface area (Å²) in [4.78, 5) is 51.5. The summed E-state index contributed by atoms with van der Waals surface area (Å²) >= 11 is 0. The molecule has 0 radical (unpaired) electrons. The summed E-state index contributed by atoms with van der Waals surface area (Å²) in [6, 6.07) is 1.30. The number of carbonyl (C=O) groups excluding carboxylic acids is 1. The Hall–Kier alpha value is -1.67. The molecule has 15 nitrogen and oxygen atoms in total. The first-order valence-electron chi connectivity index (χ1n) is 10.1. The first kappa shape index (κ1) is 28.6. The number of phosphoric ester groups is 2. The average Bonchev–Trinajstić information content (AvgIpc) is 2.94. The highest BCUT2D eigenvalue weighted by molar-refractivity contribution is 7.59. The third kappa shape index (κ3) is 8.22. The topological polar surface area (TPSA) is 214 Å². The van der Waals surface area contributed by atoms with E-state index in [2.05, 4.69) is 18.3 Å². The molecule has 0 aromatic carbocycles. The van der Waals surface area contributed by atoms with Crippen molar-refractivity contribution in [1.29, 1.82) is 0 Å². The lowest BCUT2D eigenvalue weighted by Gasteiger charge is -2.32. The fourth-order valence-electron chi connectivity index (χ4n) is 3.07. The van der Waals surface area contributed by atoms with E-state index in [1.165, 1.54) is 26.1 Å². The molecule has 1 fully saturated rings. The van der Waals surface area contributed by atoms with Crippen LogP contribution in [0.15, 0.2) is 17.1 Å². The van der Waals surface area contributed by atoms with Crippen LogP contribution in [0, 0.1) is 0 Å². The second-order valence-electron chi connectivity index (χ2n) is 7.76. The van der Waals surface area contributed by atoms with Crippen LogP contribution in [0.4, 0.5) is 5.82 Å². The molecule has 0 saturated carbocycles. The Morgan fingerprint density at radius 3 is 2.38 bits per heavy atom. The summed E-state index contributed by atoms with van der Waals surface area (Å²) in [6.07, 6.45) is -4.95. The van der Waals surface area contributed by atoms with Gasteiger partial charge in [-0.3, -0.25) is 18.5 Å². The Bertz CT molecular complexity index is 1020. The number of nitrogen functional groups attached to an aromatic ring is 1. The third-order valence-electron chi connectivity index (χ3n) is 4.08. The standard InChI is InChI=1S/C17H29N3O12P2/c1-9(2)28-14-12(8-27-33(23,24)32-34(25,26)31-10(3)4)30-16(15(14)29-11(5)21)20-7-6-13(18)19-17(20)22/h6-7,9-10,12,14-16H,8H2,1-5H3,(H,23,24)(H,25,26)(H2,18,19,22)/p-2/t12-,14?,15+,16-/m1/s1. The third-order valence-corrected chi connectivity index (χ3v) is 6.82. The van der Waals surface area contributed by atoms with Crippen LogP contribution >= 0.6 is 15.6 Å². The maximum Gasteiger partial charge on any atom is 0.351 e. The summed E-state index contributed by atoms with van der Waals surface area (Å²) < 4.78 is 54.7. The SMILES string of the molecule is CC(=O)O[C@H]1C(OC(C)C)[C@@H](COP(=O)([O-])OP(=O)([O-])OC(C)C)O[C@H]1n1ccc(N)nc1=O. The van der Waals surface area contributed by atoms with E-state index >= 15 is 0 Å². The lowest BCUT2D eigenvalue weighted by molar-refractivity contribution is -0.247. The van der Waals surface area contributed by atoms with Gasteiger partial charge in [0.25, 0.3) is 15.6 Å². The number of anilines is 1. The van der Waals surface area contributed by atoms with Gasteiger partial charge in [-0.1, -0.05) is 0 Å². The van der Waals surface area contributed by atoms with Crippen molar-refractivity contribution in [3.8, 4) is 0 Å². The molecule has 1 aromatic rings. The van der Waals surface area contributed by atoms with Crippen molar-refractivity contribution in [2.45, 2.75) is 71.4 Å². The van der Waals surface area contributed by atoms with Gasteiger partial charge in [0.05, 0.1) is 18.8 Å². The van der Waals surface area contributed by atoms with E-state index in [0.29, 0.717) is 0 Å². The van der Waals surface area contributed by atoms with Gasteiger partial charge >= 0.3 is 11.7 Å². The first-order valence-corrected chi connectivity index (χ1v) is 13.0. The van der Waals surface area contributed by atoms with Crippen LogP contribution in [0.2, 0.25) is 0 Å². The van der Waals surface area contributed by atoms with Crippen LogP contribution in [0.1, 0.15) is 40.8 Å². The minimum absolute atomic E-state index is 0.0618. The lowest BCUT2D eigenvalue weighted by atomic mass is 10.1. The molecule has 34 heavy (non-hydrogen) atoms. The summed E-state index contributed by atoms with van der Waals surface area (Å²) in [6.45, 7) is 6.35. The number of nitrogens with zero attached hydrogens (tertiary/aromatic N) is 2. The Morgan fingerprint density at radius 1 is 1.21 bits per heavy atom. The number of hydrogen-bond acceptors (Lipinski definition) is 14. The van der Waals surface area contributed by atoms with Crippen molar-refractivity contribution in [1.82, 2.24) is 9.55 Å². The van der Waals surface area contributed by atoms with Gasteiger partial charge in [-0.05, 0) is 33.8 Å². The first-order chi connectivity index (χ1) is 15.6. The minimum Gasteiger partial charge on any atom is -0.756 e. The molecule has 0 bridgehead atoms. The van der Waals surface area contributed by atoms with Gasteiger partial charge in [-0.25, -0.2) is 9.11 Å². The normalized spacial score (nSPS) is 26.4. The van der Waals surface area contributed by atoms with E-state index in [1.807, 2.05) is 0 Å². The minimum atomic E-state index is -5.43. The molecule has 2 heterocycles. The molecule has 2 N–H and O–H groups in total. The highest BCUT2D eigenvalue weighted by Crippen LogP contribution is 2.56. The maximum atomic E-state index is 12.3. The molecular weight excluding hydrogens is 500 g/mol. The number of phosphoric acid groups is 2. The molecule has 17 heteroatoms. The monoisotopic (exact) mass is 527 g/mol. The van der Waals surface area contributed by atoms with Crippen molar-refractivity contribution in [3.63, 3.8) is 0 Å². The smallest absolute Gasteiger partial charge is 0.351 e. The molecule has 1 aliphatic rings. The Kier molecular flexibility index (Phi) is 9.56. The van der Waals surface area contributed by atoms with Crippen molar-refractivity contribution >= 4 is 27.4 Å². The van der Waals surface area contributed by atoms with Crippen LogP contribution in [-0.2, 0) is 41.5 Å². The summed E-state index contributed by atoms with van der Waals surface area (Å²) in [5, 5.41) is 0. The molecule has 1 aliphatic heterocycles. The quantitative estimate of drug-likeness (QED) is 0.293. The summed E-state index contributed by atoms with van der Waals surface area (Å²) in [5.74, 6) is -0.793. The second-order valence-corrected chi connectivity index (χ2v) is 10.7. The number of hydrogen-bond donors (Lipinski definition) is 1. The molecule has 3 unspecified atom stereocenters. The zero-order chi connectivity index (χ0) is 25.8. The van der Waals surface area contributed by atoms with Gasteiger partial charge in [0.2, 0.25) is 0 Å². The van der Waals surface area contributed by atoms with Gasteiger partial charge in [0.15, 0.2) is 12.3 Å². The molecule has 194 valence electrons. The van der Waals surface area contributed by atoms with E-state index < -0.39 is 70.7 Å². The van der Waals surface area contributed by atoms with E-state index in [4.69, 9.17) is 19.9 Å². The van der Waals surface area contributed by atoms with E-state index in [0.717, 1.165) is 11.5 Å². The van der Waals surface area contributed by atoms with E-state index in [9.17, 15) is 28.5 Å². The average molecular weight is 527 g/mol. The Morgan fingerprint density at radius 2 is 1.85 bits per heavy atom. The van der Waals surface area contributed by atoms with E-state index in [-0.39, 0.29) is 5.82 Å². The van der Waals surface area contributed by atoms with Gasteiger partial charge in [0.1, 0.15) is 18.0 Å². The van der Waals surface area contributed by atoms with Crippen LogP contribution in [-0.4, -0.2) is 52.6 Å². The predicted octanol–water partition coefficient (Wildman–Crippen LogP) is -0.157. The van der Waals surface area contributed by atoms with Crippen LogP contribution in [0.25, 0.3) is 0 Å². The summed E-state index contributed by atoms with van der Waals surface area (Å²) in [7, 11) is -10.7. The zero-order valence-electron chi connectivity index (χ0n) is 19.1. The Balaban J connectivity index is 2.30. The molecule has 6 atom stereocenters. The number of rotatable bonds is 11. The number of nitrogens with two attached hydrogens (primary N) is 1. The molecule has 0 amide bonds.